The Morgan fingerprint density at radius 1 is 0.800 bits per heavy atom. The summed E-state index contributed by atoms with van der Waals surface area (Å²) in [5.41, 5.74) is 3.42. The third-order valence-electron chi connectivity index (χ3n) is 4.67. The Balaban J connectivity index is 1.56. The van der Waals surface area contributed by atoms with Crippen LogP contribution in [0.4, 0.5) is 11.4 Å². The molecule has 0 aliphatic rings. The molecule has 154 valence electrons. The lowest BCUT2D eigenvalue weighted by Gasteiger charge is -2.10. The highest BCUT2D eigenvalue weighted by atomic mass is 16.5. The van der Waals surface area contributed by atoms with Crippen molar-refractivity contribution in [1.29, 1.82) is 0 Å². The number of hydrogen-bond acceptors (Lipinski definition) is 3. The Bertz CT molecular complexity index is 996. The number of benzene rings is 3. The molecule has 30 heavy (non-hydrogen) atoms. The molecule has 0 aliphatic carbocycles. The predicted octanol–water partition coefficient (Wildman–Crippen LogP) is 5.68. The van der Waals surface area contributed by atoms with Gasteiger partial charge in [0.05, 0.1) is 6.61 Å². The van der Waals surface area contributed by atoms with Crippen molar-refractivity contribution in [2.75, 3.05) is 17.2 Å². The van der Waals surface area contributed by atoms with Crippen LogP contribution in [-0.2, 0) is 0 Å². The summed E-state index contributed by atoms with van der Waals surface area (Å²) >= 11 is 0. The highest BCUT2D eigenvalue weighted by Gasteiger charge is 2.09. The standard InChI is InChI=1S/C25H26N2O3/c1-3-4-17-30-22-15-9-19(10-16-22)24(28)26-20-11-13-21(14-12-20)27-25(29)23-8-6-5-7-18(23)2/h5-16H,3-4,17H2,1-2H3,(H,26,28)(H,27,29). The van der Waals surface area contributed by atoms with Crippen LogP contribution in [0, 0.1) is 6.92 Å². The third-order valence-corrected chi connectivity index (χ3v) is 4.67. The molecule has 0 unspecified atom stereocenters. The zero-order valence-electron chi connectivity index (χ0n) is 17.3. The number of ether oxygens (including phenoxy) is 1. The molecule has 0 spiro atoms. The van der Waals surface area contributed by atoms with E-state index in [0.717, 1.165) is 24.2 Å². The van der Waals surface area contributed by atoms with Gasteiger partial charge in [0.25, 0.3) is 11.8 Å². The first kappa shape index (κ1) is 21.1. The molecule has 5 nitrogen and oxygen atoms in total. The molecule has 2 N–H and O–H groups in total. The van der Waals surface area contributed by atoms with Gasteiger partial charge in [-0.15, -0.1) is 0 Å². The quantitative estimate of drug-likeness (QED) is 0.477. The Kier molecular flexibility index (Phi) is 7.22. The van der Waals surface area contributed by atoms with Crippen molar-refractivity contribution in [3.63, 3.8) is 0 Å². The zero-order chi connectivity index (χ0) is 21.3. The molecule has 0 radical (unpaired) electrons. The van der Waals surface area contributed by atoms with E-state index in [4.69, 9.17) is 4.74 Å². The molecule has 3 aromatic rings. The van der Waals surface area contributed by atoms with Crippen molar-refractivity contribution in [2.24, 2.45) is 0 Å². The molecule has 0 heterocycles. The summed E-state index contributed by atoms with van der Waals surface area (Å²) in [4.78, 5) is 24.9. The molecule has 0 aliphatic heterocycles. The summed E-state index contributed by atoms with van der Waals surface area (Å²) in [6.45, 7) is 4.69. The summed E-state index contributed by atoms with van der Waals surface area (Å²) < 4.78 is 5.62. The van der Waals surface area contributed by atoms with Crippen LogP contribution in [0.1, 0.15) is 46.0 Å². The lowest BCUT2D eigenvalue weighted by molar-refractivity contribution is 0.101. The van der Waals surface area contributed by atoms with Crippen LogP contribution in [-0.4, -0.2) is 18.4 Å². The van der Waals surface area contributed by atoms with E-state index in [1.54, 1.807) is 54.6 Å². The molecule has 3 aromatic carbocycles. The lowest BCUT2D eigenvalue weighted by atomic mass is 10.1. The van der Waals surface area contributed by atoms with E-state index >= 15 is 0 Å². The fourth-order valence-electron chi connectivity index (χ4n) is 2.90. The number of carbonyl (C=O) groups is 2. The van der Waals surface area contributed by atoms with Crippen molar-refractivity contribution in [3.8, 4) is 5.75 Å². The Labute approximate surface area is 177 Å². The normalized spacial score (nSPS) is 10.3. The molecule has 0 saturated heterocycles. The van der Waals surface area contributed by atoms with Gasteiger partial charge in [-0.2, -0.15) is 0 Å². The Hall–Kier alpha value is -3.60. The number of anilines is 2. The van der Waals surface area contributed by atoms with Crippen LogP contribution in [0.25, 0.3) is 0 Å². The van der Waals surface area contributed by atoms with Gasteiger partial charge in [0, 0.05) is 22.5 Å². The topological polar surface area (TPSA) is 67.4 Å². The minimum atomic E-state index is -0.202. The second-order valence-electron chi connectivity index (χ2n) is 7.03. The first-order valence-corrected chi connectivity index (χ1v) is 10.1. The van der Waals surface area contributed by atoms with Gasteiger partial charge in [-0.3, -0.25) is 9.59 Å². The van der Waals surface area contributed by atoms with Crippen LogP contribution in [0.2, 0.25) is 0 Å². The van der Waals surface area contributed by atoms with E-state index in [0.29, 0.717) is 29.1 Å². The van der Waals surface area contributed by atoms with Crippen molar-refractivity contribution in [3.05, 3.63) is 89.5 Å². The van der Waals surface area contributed by atoms with Crippen molar-refractivity contribution in [2.45, 2.75) is 26.7 Å². The maximum atomic E-state index is 12.4. The Morgan fingerprint density at radius 2 is 1.40 bits per heavy atom. The minimum absolute atomic E-state index is 0.161. The summed E-state index contributed by atoms with van der Waals surface area (Å²) in [6.07, 6.45) is 2.08. The van der Waals surface area contributed by atoms with E-state index in [9.17, 15) is 9.59 Å². The molecule has 3 rings (SSSR count). The number of hydrogen-bond donors (Lipinski definition) is 2. The molecular formula is C25H26N2O3. The number of nitrogens with one attached hydrogen (secondary N) is 2. The van der Waals surface area contributed by atoms with Crippen LogP contribution >= 0.6 is 0 Å². The monoisotopic (exact) mass is 402 g/mol. The van der Waals surface area contributed by atoms with Crippen LogP contribution in [0.15, 0.2) is 72.8 Å². The third kappa shape index (κ3) is 5.70. The molecule has 0 aromatic heterocycles. The fraction of sp³-hybridized carbons (Fsp3) is 0.200. The SMILES string of the molecule is CCCCOc1ccc(C(=O)Nc2ccc(NC(=O)c3ccccc3C)cc2)cc1. The van der Waals surface area contributed by atoms with Gasteiger partial charge in [-0.25, -0.2) is 0 Å². The van der Waals surface area contributed by atoms with E-state index in [2.05, 4.69) is 17.6 Å². The predicted molar refractivity (Wildman–Crippen MR) is 120 cm³/mol. The van der Waals surface area contributed by atoms with Gasteiger partial charge < -0.3 is 15.4 Å². The second kappa shape index (κ2) is 10.3. The van der Waals surface area contributed by atoms with E-state index in [-0.39, 0.29) is 11.8 Å². The molecule has 5 heteroatoms. The molecule has 0 bridgehead atoms. The molecule has 0 atom stereocenters. The fourth-order valence-corrected chi connectivity index (χ4v) is 2.90. The molecule has 0 fully saturated rings. The minimum Gasteiger partial charge on any atom is -0.494 e. The van der Waals surface area contributed by atoms with Crippen LogP contribution in [0.5, 0.6) is 5.75 Å². The molecular weight excluding hydrogens is 376 g/mol. The maximum Gasteiger partial charge on any atom is 0.255 e. The lowest BCUT2D eigenvalue weighted by Crippen LogP contribution is -2.14. The van der Waals surface area contributed by atoms with Crippen molar-refractivity contribution < 1.29 is 14.3 Å². The molecule has 0 saturated carbocycles. The summed E-state index contributed by atoms with van der Waals surface area (Å²) in [5, 5.41) is 5.73. The van der Waals surface area contributed by atoms with Crippen molar-refractivity contribution in [1.82, 2.24) is 0 Å². The summed E-state index contributed by atoms with van der Waals surface area (Å²) in [7, 11) is 0. The first-order valence-electron chi connectivity index (χ1n) is 10.1. The van der Waals surface area contributed by atoms with E-state index in [1.807, 2.05) is 25.1 Å². The summed E-state index contributed by atoms with van der Waals surface area (Å²) in [5.74, 6) is 0.395. The highest BCUT2D eigenvalue weighted by molar-refractivity contribution is 6.06. The number of amides is 2. The smallest absolute Gasteiger partial charge is 0.255 e. The highest BCUT2D eigenvalue weighted by Crippen LogP contribution is 2.18. The van der Waals surface area contributed by atoms with Gasteiger partial charge >= 0.3 is 0 Å². The molecule has 2 amide bonds. The zero-order valence-corrected chi connectivity index (χ0v) is 17.3. The van der Waals surface area contributed by atoms with Crippen molar-refractivity contribution >= 4 is 23.2 Å². The van der Waals surface area contributed by atoms with Gasteiger partial charge in [-0.05, 0) is 73.5 Å². The van der Waals surface area contributed by atoms with Gasteiger partial charge in [0.15, 0.2) is 0 Å². The maximum absolute atomic E-state index is 12.4. The Morgan fingerprint density at radius 3 is 2.00 bits per heavy atom. The van der Waals surface area contributed by atoms with Gasteiger partial charge in [0.2, 0.25) is 0 Å². The van der Waals surface area contributed by atoms with Gasteiger partial charge in [0.1, 0.15) is 5.75 Å². The van der Waals surface area contributed by atoms with Gasteiger partial charge in [-0.1, -0.05) is 31.5 Å². The van der Waals surface area contributed by atoms with E-state index in [1.165, 1.54) is 0 Å². The number of unbranched alkanes of at least 4 members (excludes halogenated alkanes) is 1. The number of rotatable bonds is 8. The van der Waals surface area contributed by atoms with Crippen LogP contribution in [0.3, 0.4) is 0 Å². The van der Waals surface area contributed by atoms with E-state index < -0.39 is 0 Å². The number of carbonyl (C=O) groups excluding carboxylic acids is 2. The second-order valence-corrected chi connectivity index (χ2v) is 7.03. The summed E-state index contributed by atoms with van der Waals surface area (Å²) in [6, 6.07) is 21.6. The average molecular weight is 402 g/mol. The first-order chi connectivity index (χ1) is 14.6. The average Bonchev–Trinajstić information content (AvgIpc) is 2.76. The largest absolute Gasteiger partial charge is 0.494 e. The van der Waals surface area contributed by atoms with Crippen LogP contribution < -0.4 is 15.4 Å². The number of aryl methyl sites for hydroxylation is 1.